The second-order valence-corrected chi connectivity index (χ2v) is 6.54. The van der Waals surface area contributed by atoms with Gasteiger partial charge in [0.25, 0.3) is 5.76 Å². The molecule has 1 aliphatic rings. The van der Waals surface area contributed by atoms with Crippen molar-refractivity contribution in [3.63, 3.8) is 0 Å². The van der Waals surface area contributed by atoms with Crippen molar-refractivity contribution >= 4 is 34.8 Å². The highest BCUT2D eigenvalue weighted by Gasteiger charge is 2.12. The van der Waals surface area contributed by atoms with E-state index in [9.17, 15) is 8.78 Å². The molecule has 0 saturated carbocycles. The summed E-state index contributed by atoms with van der Waals surface area (Å²) in [6.07, 6.45) is 6.19. The minimum Gasteiger partial charge on any atom is -0.349 e. The van der Waals surface area contributed by atoms with E-state index >= 15 is 0 Å². The van der Waals surface area contributed by atoms with Crippen molar-refractivity contribution in [3.05, 3.63) is 24.3 Å². The SMILES string of the molecule is FC(F)Sc1ccc(NC(=S)N2CCCCCCC2)cc1. The Morgan fingerprint density at radius 1 is 1.05 bits per heavy atom. The van der Waals surface area contributed by atoms with Crippen LogP contribution >= 0.6 is 24.0 Å². The zero-order chi connectivity index (χ0) is 15.1. The number of alkyl halides is 2. The highest BCUT2D eigenvalue weighted by atomic mass is 32.2. The fourth-order valence-corrected chi connectivity index (χ4v) is 3.17. The van der Waals surface area contributed by atoms with Gasteiger partial charge in [-0.05, 0) is 49.3 Å². The van der Waals surface area contributed by atoms with Crippen LogP contribution in [0.3, 0.4) is 0 Å². The van der Waals surface area contributed by atoms with Crippen LogP contribution in [0, 0.1) is 0 Å². The van der Waals surface area contributed by atoms with Gasteiger partial charge in [0.1, 0.15) is 0 Å². The van der Waals surface area contributed by atoms with E-state index in [1.807, 2.05) is 0 Å². The fraction of sp³-hybridized carbons (Fsp3) is 0.533. The Kier molecular flexibility index (Phi) is 6.70. The van der Waals surface area contributed by atoms with E-state index in [0.717, 1.165) is 23.9 Å². The first-order valence-corrected chi connectivity index (χ1v) is 8.55. The number of nitrogens with one attached hydrogen (secondary N) is 1. The number of thioether (sulfide) groups is 1. The molecule has 0 amide bonds. The smallest absolute Gasteiger partial charge is 0.288 e. The Hall–Kier alpha value is -0.880. The van der Waals surface area contributed by atoms with Crippen molar-refractivity contribution in [2.75, 3.05) is 18.4 Å². The number of halogens is 2. The van der Waals surface area contributed by atoms with Gasteiger partial charge in [0.05, 0.1) is 0 Å². The number of nitrogens with zero attached hydrogens (tertiary/aromatic N) is 1. The summed E-state index contributed by atoms with van der Waals surface area (Å²) in [5.41, 5.74) is 0.848. The lowest BCUT2D eigenvalue weighted by Gasteiger charge is -2.27. The summed E-state index contributed by atoms with van der Waals surface area (Å²) in [6, 6.07) is 6.96. The molecule has 0 aromatic heterocycles. The molecule has 1 N–H and O–H groups in total. The summed E-state index contributed by atoms with van der Waals surface area (Å²) in [5, 5.41) is 3.93. The van der Waals surface area contributed by atoms with E-state index in [4.69, 9.17) is 12.2 Å². The largest absolute Gasteiger partial charge is 0.349 e. The van der Waals surface area contributed by atoms with E-state index in [2.05, 4.69) is 10.2 Å². The molecule has 2 rings (SSSR count). The van der Waals surface area contributed by atoms with Gasteiger partial charge in [0.15, 0.2) is 5.11 Å². The minimum atomic E-state index is -2.38. The van der Waals surface area contributed by atoms with Gasteiger partial charge in [-0.25, -0.2) is 0 Å². The molecule has 1 heterocycles. The highest BCUT2D eigenvalue weighted by molar-refractivity contribution is 7.99. The van der Waals surface area contributed by atoms with Crippen molar-refractivity contribution < 1.29 is 8.78 Å². The first-order valence-electron chi connectivity index (χ1n) is 7.26. The van der Waals surface area contributed by atoms with E-state index in [0.29, 0.717) is 16.7 Å². The van der Waals surface area contributed by atoms with Crippen LogP contribution in [-0.2, 0) is 0 Å². The zero-order valence-corrected chi connectivity index (χ0v) is 13.5. The monoisotopic (exact) mass is 330 g/mol. The first-order chi connectivity index (χ1) is 10.1. The third-order valence-electron chi connectivity index (χ3n) is 3.47. The number of hydrogen-bond acceptors (Lipinski definition) is 2. The van der Waals surface area contributed by atoms with Gasteiger partial charge in [0.2, 0.25) is 0 Å². The summed E-state index contributed by atoms with van der Waals surface area (Å²) in [5.74, 6) is -2.38. The molecular weight excluding hydrogens is 310 g/mol. The van der Waals surface area contributed by atoms with Gasteiger partial charge in [-0.3, -0.25) is 0 Å². The van der Waals surface area contributed by atoms with Gasteiger partial charge < -0.3 is 10.2 Å². The van der Waals surface area contributed by atoms with Crippen LogP contribution in [0.15, 0.2) is 29.2 Å². The molecule has 0 unspecified atom stereocenters. The van der Waals surface area contributed by atoms with Gasteiger partial charge in [-0.2, -0.15) is 8.78 Å². The van der Waals surface area contributed by atoms with Crippen LogP contribution in [0.4, 0.5) is 14.5 Å². The maximum Gasteiger partial charge on any atom is 0.288 e. The summed E-state index contributed by atoms with van der Waals surface area (Å²) in [7, 11) is 0. The second-order valence-electron chi connectivity index (χ2n) is 5.09. The van der Waals surface area contributed by atoms with Crippen molar-refractivity contribution in [3.8, 4) is 0 Å². The summed E-state index contributed by atoms with van der Waals surface area (Å²) >= 11 is 6.01. The van der Waals surface area contributed by atoms with Gasteiger partial charge >= 0.3 is 0 Å². The standard InChI is InChI=1S/C15H20F2N2S2/c16-14(17)21-13-8-6-12(7-9-13)18-15(20)19-10-4-2-1-3-5-11-19/h6-9,14H,1-5,10-11H2,(H,18,20). The van der Waals surface area contributed by atoms with Gasteiger partial charge in [-0.1, -0.05) is 31.0 Å². The molecule has 1 aromatic carbocycles. The van der Waals surface area contributed by atoms with Crippen molar-refractivity contribution in [1.29, 1.82) is 0 Å². The van der Waals surface area contributed by atoms with E-state index < -0.39 is 5.76 Å². The van der Waals surface area contributed by atoms with Crippen molar-refractivity contribution in [2.24, 2.45) is 0 Å². The third-order valence-corrected chi connectivity index (χ3v) is 4.56. The summed E-state index contributed by atoms with van der Waals surface area (Å²) in [6.45, 7) is 1.98. The molecule has 1 aliphatic heterocycles. The lowest BCUT2D eigenvalue weighted by Crippen LogP contribution is -2.36. The maximum absolute atomic E-state index is 12.3. The number of rotatable bonds is 3. The Balaban J connectivity index is 1.88. The second kappa shape index (κ2) is 8.54. The molecule has 1 aromatic rings. The molecule has 2 nitrogen and oxygen atoms in total. The molecule has 21 heavy (non-hydrogen) atoms. The van der Waals surface area contributed by atoms with Crippen LogP contribution in [0.5, 0.6) is 0 Å². The van der Waals surface area contributed by atoms with Crippen LogP contribution in [0.2, 0.25) is 0 Å². The highest BCUT2D eigenvalue weighted by Crippen LogP contribution is 2.26. The molecule has 6 heteroatoms. The number of benzene rings is 1. The molecule has 1 saturated heterocycles. The Morgan fingerprint density at radius 3 is 2.19 bits per heavy atom. The van der Waals surface area contributed by atoms with Crippen LogP contribution in [0.25, 0.3) is 0 Å². The average molecular weight is 330 g/mol. The van der Waals surface area contributed by atoms with Crippen LogP contribution in [-0.4, -0.2) is 28.9 Å². The molecule has 0 bridgehead atoms. The number of anilines is 1. The van der Waals surface area contributed by atoms with E-state index in [-0.39, 0.29) is 0 Å². The molecule has 1 fully saturated rings. The fourth-order valence-electron chi connectivity index (χ4n) is 2.37. The third kappa shape index (κ3) is 5.79. The van der Waals surface area contributed by atoms with Crippen molar-refractivity contribution in [1.82, 2.24) is 4.90 Å². The van der Waals surface area contributed by atoms with E-state index in [1.54, 1.807) is 24.3 Å². The molecular formula is C15H20F2N2S2. The Bertz CT molecular complexity index is 443. The topological polar surface area (TPSA) is 15.3 Å². The zero-order valence-electron chi connectivity index (χ0n) is 11.9. The van der Waals surface area contributed by atoms with E-state index in [1.165, 1.54) is 32.1 Å². The molecule has 0 spiro atoms. The predicted octanol–water partition coefficient (Wildman–Crippen LogP) is 4.96. The molecule has 0 aliphatic carbocycles. The normalized spacial score (nSPS) is 16.4. The lowest BCUT2D eigenvalue weighted by atomic mass is 10.1. The minimum absolute atomic E-state index is 0.555. The number of hydrogen-bond donors (Lipinski definition) is 1. The van der Waals surface area contributed by atoms with Gasteiger partial charge in [0, 0.05) is 23.7 Å². The Morgan fingerprint density at radius 2 is 1.62 bits per heavy atom. The number of likely N-dealkylation sites (tertiary alicyclic amines) is 1. The maximum atomic E-state index is 12.3. The predicted molar refractivity (Wildman–Crippen MR) is 89.2 cm³/mol. The van der Waals surface area contributed by atoms with Crippen molar-refractivity contribution in [2.45, 2.75) is 42.8 Å². The molecule has 0 atom stereocenters. The summed E-state index contributed by atoms with van der Waals surface area (Å²) < 4.78 is 24.5. The molecule has 0 radical (unpaired) electrons. The lowest BCUT2D eigenvalue weighted by molar-refractivity contribution is 0.252. The van der Waals surface area contributed by atoms with Gasteiger partial charge in [-0.15, -0.1) is 0 Å². The summed E-state index contributed by atoms with van der Waals surface area (Å²) in [4.78, 5) is 2.77. The molecule has 116 valence electrons. The van der Waals surface area contributed by atoms with Crippen LogP contribution in [0.1, 0.15) is 32.1 Å². The Labute approximate surface area is 134 Å². The first kappa shape index (κ1) is 16.5. The van der Waals surface area contributed by atoms with Crippen LogP contribution < -0.4 is 5.32 Å². The quantitative estimate of drug-likeness (QED) is 0.622. The average Bonchev–Trinajstić information content (AvgIpc) is 2.40. The number of thiocarbonyl (C=S) groups is 1.